The molecule has 1 aliphatic rings. The van der Waals surface area contributed by atoms with E-state index in [9.17, 15) is 5.21 Å². The fourth-order valence-electron chi connectivity index (χ4n) is 2.18. The molecule has 1 heterocycles. The topological polar surface area (TPSA) is 33.3 Å². The van der Waals surface area contributed by atoms with E-state index in [1.165, 1.54) is 4.73 Å². The number of pyridine rings is 1. The molecule has 2 rings (SSSR count). The maximum atomic E-state index is 9.78. The summed E-state index contributed by atoms with van der Waals surface area (Å²) >= 11 is 0. The van der Waals surface area contributed by atoms with Gasteiger partial charge in [-0.2, -0.15) is 0 Å². The molecule has 0 saturated carbocycles. The van der Waals surface area contributed by atoms with Gasteiger partial charge in [-0.3, -0.25) is 5.21 Å². The average Bonchev–Trinajstić information content (AvgIpc) is 2.61. The van der Waals surface area contributed by atoms with E-state index >= 15 is 0 Å². The molecule has 100 valence electrons. The van der Waals surface area contributed by atoms with Gasteiger partial charge >= 0.3 is 0 Å². The molecule has 3 nitrogen and oxygen atoms in total. The van der Waals surface area contributed by atoms with E-state index in [4.69, 9.17) is 4.43 Å². The number of aromatic nitrogens is 1. The van der Waals surface area contributed by atoms with Gasteiger partial charge in [0, 0.05) is 17.2 Å². The monoisotopic (exact) mass is 266 g/mol. The second-order valence-corrected chi connectivity index (χ2v) is 11.4. The minimum absolute atomic E-state index is 0.153. The molecule has 0 saturated heterocycles. The predicted molar refractivity (Wildman–Crippen MR) is 73.2 cm³/mol. The van der Waals surface area contributed by atoms with E-state index < -0.39 is 8.32 Å². The van der Waals surface area contributed by atoms with Crippen LogP contribution in [0.1, 0.15) is 44.6 Å². The zero-order valence-corrected chi connectivity index (χ0v) is 13.0. The molecule has 1 aliphatic carbocycles. The van der Waals surface area contributed by atoms with Gasteiger partial charge in [0.1, 0.15) is 0 Å². The van der Waals surface area contributed by atoms with Crippen molar-refractivity contribution >= 4 is 8.32 Å². The Morgan fingerprint density at radius 3 is 2.67 bits per heavy atom. The summed E-state index contributed by atoms with van der Waals surface area (Å²) in [4.78, 5) is 0. The highest BCUT2D eigenvalue weighted by atomic mass is 28.4. The third-order valence-corrected chi connectivity index (χ3v) is 8.83. The van der Waals surface area contributed by atoms with Crippen LogP contribution in [0.5, 0.6) is 0 Å². The van der Waals surface area contributed by atoms with E-state index in [2.05, 4.69) is 39.9 Å². The Balaban J connectivity index is 2.23. The van der Waals surface area contributed by atoms with Crippen molar-refractivity contribution in [3.05, 3.63) is 29.6 Å². The van der Waals surface area contributed by atoms with Crippen LogP contribution in [0.2, 0.25) is 18.1 Å². The van der Waals surface area contributed by atoms with Gasteiger partial charge in [0.2, 0.25) is 11.9 Å². The van der Waals surface area contributed by atoms with Gasteiger partial charge in [-0.05, 0) is 30.6 Å². The lowest BCUT2D eigenvalue weighted by molar-refractivity contribution is -0.909. The quantitative estimate of drug-likeness (QED) is 0.506. The molecular weight excluding hydrogens is 242 g/mol. The van der Waals surface area contributed by atoms with Crippen LogP contribution in [0.15, 0.2) is 18.3 Å². The van der Waals surface area contributed by atoms with Crippen LogP contribution >= 0.6 is 0 Å². The number of nitrogens with zero attached hydrogens (tertiary/aromatic N) is 1. The number of fused-ring (bicyclic) bond motifs is 1. The summed E-state index contributed by atoms with van der Waals surface area (Å²) in [5.41, 5.74) is 2.16. The second kappa shape index (κ2) is 4.35. The highest BCUT2D eigenvalue weighted by Gasteiger charge is 2.42. The summed E-state index contributed by atoms with van der Waals surface area (Å²) in [6.07, 6.45) is 3.71. The summed E-state index contributed by atoms with van der Waals surface area (Å²) in [7, 11) is -1.75. The lowest BCUT2D eigenvalue weighted by Crippen LogP contribution is -2.41. The normalized spacial score (nSPS) is 19.9. The van der Waals surface area contributed by atoms with Crippen LogP contribution in [0.3, 0.4) is 0 Å². The van der Waals surface area contributed by atoms with Crippen LogP contribution in [-0.2, 0) is 10.8 Å². The molecule has 0 spiro atoms. The van der Waals surface area contributed by atoms with Crippen LogP contribution in [0, 0.1) is 0 Å². The second-order valence-electron chi connectivity index (χ2n) is 6.66. The molecule has 1 unspecified atom stereocenters. The van der Waals surface area contributed by atoms with Crippen molar-refractivity contribution in [2.75, 3.05) is 0 Å². The average molecular weight is 266 g/mol. The molecule has 1 N–H and O–H groups in total. The highest BCUT2D eigenvalue weighted by molar-refractivity contribution is 6.74. The van der Waals surface area contributed by atoms with Gasteiger partial charge < -0.3 is 4.43 Å². The smallest absolute Gasteiger partial charge is 0.239 e. The fourth-order valence-corrected chi connectivity index (χ4v) is 3.49. The van der Waals surface area contributed by atoms with Gasteiger partial charge in [0.25, 0.3) is 0 Å². The lowest BCUT2D eigenvalue weighted by atomic mass is 10.2. The Kier molecular flexibility index (Phi) is 3.28. The maximum absolute atomic E-state index is 9.78. The Morgan fingerprint density at radius 1 is 1.39 bits per heavy atom. The summed E-state index contributed by atoms with van der Waals surface area (Å²) in [5, 5.41) is 10.0. The molecule has 0 aliphatic heterocycles. The molecule has 0 fully saturated rings. The van der Waals surface area contributed by atoms with Gasteiger partial charge in [0.15, 0.2) is 8.32 Å². The molecular formula is C14H24NO2Si+. The van der Waals surface area contributed by atoms with Crippen molar-refractivity contribution in [1.29, 1.82) is 0 Å². The zero-order chi connectivity index (χ0) is 13.6. The first-order valence-corrected chi connectivity index (χ1v) is 9.54. The summed E-state index contributed by atoms with van der Waals surface area (Å²) in [6, 6.07) is 3.96. The standard InChI is InChI=1S/C14H24NO2Si/c1-14(2,3)18(4,5)17-13-9-8-12-11(13)7-6-10-15(12)16/h6-7,10,13,16H,8-9H2,1-5H3/q+1. The Hall–Kier alpha value is -0.873. The molecule has 0 bridgehead atoms. The number of hydrogen-bond donors (Lipinski definition) is 1. The zero-order valence-electron chi connectivity index (χ0n) is 12.0. The molecule has 0 aromatic carbocycles. The first kappa shape index (κ1) is 13.6. The lowest BCUT2D eigenvalue weighted by Gasteiger charge is -2.38. The minimum atomic E-state index is -1.75. The van der Waals surface area contributed by atoms with Crippen molar-refractivity contribution in [1.82, 2.24) is 0 Å². The van der Waals surface area contributed by atoms with E-state index in [-0.39, 0.29) is 11.1 Å². The molecule has 18 heavy (non-hydrogen) atoms. The van der Waals surface area contributed by atoms with E-state index in [0.717, 1.165) is 24.1 Å². The van der Waals surface area contributed by atoms with E-state index in [1.807, 2.05) is 6.07 Å². The third-order valence-electron chi connectivity index (χ3n) is 4.35. The van der Waals surface area contributed by atoms with Crippen molar-refractivity contribution in [2.45, 2.75) is 57.8 Å². The summed E-state index contributed by atoms with van der Waals surface area (Å²) in [5.74, 6) is 0. The molecule has 1 atom stereocenters. The summed E-state index contributed by atoms with van der Waals surface area (Å²) < 4.78 is 7.70. The fraction of sp³-hybridized carbons (Fsp3) is 0.643. The van der Waals surface area contributed by atoms with Crippen LogP contribution in [-0.4, -0.2) is 13.5 Å². The molecule has 0 radical (unpaired) electrons. The SMILES string of the molecule is CC(C)(C)[Si](C)(C)OC1CCc2c1ccc[n+]2O. The molecule has 0 amide bonds. The van der Waals surface area contributed by atoms with Crippen molar-refractivity contribution in [3.63, 3.8) is 0 Å². The van der Waals surface area contributed by atoms with Crippen LogP contribution in [0.25, 0.3) is 0 Å². The van der Waals surface area contributed by atoms with Gasteiger partial charge in [-0.1, -0.05) is 20.8 Å². The highest BCUT2D eigenvalue weighted by Crippen LogP contribution is 2.42. The Labute approximate surface area is 111 Å². The van der Waals surface area contributed by atoms with E-state index in [0.29, 0.717) is 0 Å². The first-order chi connectivity index (χ1) is 8.22. The molecule has 1 aromatic heterocycles. The van der Waals surface area contributed by atoms with Crippen LogP contribution < -0.4 is 4.73 Å². The van der Waals surface area contributed by atoms with Gasteiger partial charge in [-0.15, -0.1) is 0 Å². The maximum Gasteiger partial charge on any atom is 0.239 e. The predicted octanol–water partition coefficient (Wildman–Crippen LogP) is 3.22. The minimum Gasteiger partial charge on any atom is -0.410 e. The first-order valence-electron chi connectivity index (χ1n) is 6.63. The Bertz CT molecular complexity index is 452. The van der Waals surface area contributed by atoms with E-state index in [1.54, 1.807) is 6.20 Å². The molecule has 1 aromatic rings. The third kappa shape index (κ3) is 2.31. The molecule has 4 heteroatoms. The Morgan fingerprint density at radius 2 is 2.06 bits per heavy atom. The number of rotatable bonds is 2. The van der Waals surface area contributed by atoms with Gasteiger partial charge in [-0.25, -0.2) is 0 Å². The van der Waals surface area contributed by atoms with Crippen molar-refractivity contribution in [3.8, 4) is 0 Å². The van der Waals surface area contributed by atoms with Crippen molar-refractivity contribution < 1.29 is 14.4 Å². The van der Waals surface area contributed by atoms with Crippen molar-refractivity contribution in [2.24, 2.45) is 0 Å². The van der Waals surface area contributed by atoms with Gasteiger partial charge in [0.05, 0.1) is 11.7 Å². The number of hydrogen-bond acceptors (Lipinski definition) is 2. The van der Waals surface area contributed by atoms with Crippen LogP contribution in [0.4, 0.5) is 0 Å². The largest absolute Gasteiger partial charge is 0.410 e. The summed E-state index contributed by atoms with van der Waals surface area (Å²) in [6.45, 7) is 11.3.